The third kappa shape index (κ3) is 3.23. The monoisotopic (exact) mass is 273 g/mol. The second kappa shape index (κ2) is 6.01. The van der Waals surface area contributed by atoms with E-state index in [1.807, 2.05) is 6.07 Å². The Bertz CT molecular complexity index is 607. The van der Waals surface area contributed by atoms with Gasteiger partial charge in [-0.25, -0.2) is 0 Å². The number of carbonyl (C=O) groups excluding carboxylic acids is 1. The van der Waals surface area contributed by atoms with Crippen molar-refractivity contribution in [1.29, 1.82) is 0 Å². The van der Waals surface area contributed by atoms with E-state index < -0.39 is 11.9 Å². The van der Waals surface area contributed by atoms with Gasteiger partial charge in [-0.1, -0.05) is 30.3 Å². The SMILES string of the molecule is Cn1cc(C(=O)NCC(C(=O)O)c2ccccc2)cn1. The lowest BCUT2D eigenvalue weighted by Crippen LogP contribution is -2.31. The quantitative estimate of drug-likeness (QED) is 0.851. The van der Waals surface area contributed by atoms with Gasteiger partial charge in [-0.05, 0) is 5.56 Å². The summed E-state index contributed by atoms with van der Waals surface area (Å²) in [6.45, 7) is 0.0348. The van der Waals surface area contributed by atoms with E-state index in [9.17, 15) is 14.7 Å². The van der Waals surface area contributed by atoms with Crippen molar-refractivity contribution in [1.82, 2.24) is 15.1 Å². The van der Waals surface area contributed by atoms with Crippen molar-refractivity contribution < 1.29 is 14.7 Å². The molecule has 0 saturated carbocycles. The van der Waals surface area contributed by atoms with Gasteiger partial charge in [0, 0.05) is 19.8 Å². The van der Waals surface area contributed by atoms with Gasteiger partial charge in [-0.15, -0.1) is 0 Å². The predicted octanol–water partition coefficient (Wildman–Crippen LogP) is 1.02. The molecule has 0 aliphatic rings. The molecule has 6 nitrogen and oxygen atoms in total. The van der Waals surface area contributed by atoms with E-state index in [0.29, 0.717) is 11.1 Å². The van der Waals surface area contributed by atoms with Crippen LogP contribution in [0.25, 0.3) is 0 Å². The summed E-state index contributed by atoms with van der Waals surface area (Å²) in [7, 11) is 1.71. The van der Waals surface area contributed by atoms with Crippen LogP contribution in [0.5, 0.6) is 0 Å². The average Bonchev–Trinajstić information content (AvgIpc) is 2.86. The minimum absolute atomic E-state index is 0.0348. The number of amides is 1. The molecule has 1 unspecified atom stereocenters. The van der Waals surface area contributed by atoms with E-state index in [-0.39, 0.29) is 12.5 Å². The maximum atomic E-state index is 11.9. The van der Waals surface area contributed by atoms with E-state index in [0.717, 1.165) is 0 Å². The number of rotatable bonds is 5. The minimum atomic E-state index is -0.970. The van der Waals surface area contributed by atoms with Crippen LogP contribution in [0.15, 0.2) is 42.7 Å². The van der Waals surface area contributed by atoms with Crippen LogP contribution in [-0.2, 0) is 11.8 Å². The first-order valence-corrected chi connectivity index (χ1v) is 6.12. The second-order valence-corrected chi connectivity index (χ2v) is 4.41. The summed E-state index contributed by atoms with van der Waals surface area (Å²) < 4.78 is 1.51. The van der Waals surface area contributed by atoms with Crippen LogP contribution in [0.2, 0.25) is 0 Å². The molecule has 1 heterocycles. The minimum Gasteiger partial charge on any atom is -0.481 e. The lowest BCUT2D eigenvalue weighted by atomic mass is 9.99. The van der Waals surface area contributed by atoms with Crippen molar-refractivity contribution in [2.24, 2.45) is 7.05 Å². The van der Waals surface area contributed by atoms with Gasteiger partial charge in [-0.3, -0.25) is 14.3 Å². The molecule has 2 N–H and O–H groups in total. The number of hydrogen-bond acceptors (Lipinski definition) is 3. The van der Waals surface area contributed by atoms with Gasteiger partial charge in [0.05, 0.1) is 17.7 Å². The Hall–Kier alpha value is -2.63. The molecule has 0 aliphatic heterocycles. The van der Waals surface area contributed by atoms with Crippen molar-refractivity contribution in [3.8, 4) is 0 Å². The zero-order chi connectivity index (χ0) is 14.5. The second-order valence-electron chi connectivity index (χ2n) is 4.41. The fraction of sp³-hybridized carbons (Fsp3) is 0.214. The van der Waals surface area contributed by atoms with Crippen LogP contribution in [0.3, 0.4) is 0 Å². The molecule has 2 rings (SSSR count). The number of nitrogens with zero attached hydrogens (tertiary/aromatic N) is 2. The van der Waals surface area contributed by atoms with E-state index in [1.165, 1.54) is 10.9 Å². The molecular weight excluding hydrogens is 258 g/mol. The Kier molecular flexibility index (Phi) is 4.14. The molecule has 0 aliphatic carbocycles. The van der Waals surface area contributed by atoms with Gasteiger partial charge in [0.2, 0.25) is 0 Å². The third-order valence-electron chi connectivity index (χ3n) is 2.93. The number of aliphatic carboxylic acids is 1. The molecule has 104 valence electrons. The number of aromatic nitrogens is 2. The van der Waals surface area contributed by atoms with Gasteiger partial charge < -0.3 is 10.4 Å². The molecule has 1 aromatic carbocycles. The van der Waals surface area contributed by atoms with Crippen molar-refractivity contribution in [3.63, 3.8) is 0 Å². The summed E-state index contributed by atoms with van der Waals surface area (Å²) in [5.74, 6) is -2.07. The molecule has 0 saturated heterocycles. The number of aryl methyl sites for hydroxylation is 1. The Balaban J connectivity index is 2.03. The summed E-state index contributed by atoms with van der Waals surface area (Å²) in [6, 6.07) is 8.82. The van der Waals surface area contributed by atoms with Crippen LogP contribution in [-0.4, -0.2) is 33.3 Å². The molecule has 20 heavy (non-hydrogen) atoms. The van der Waals surface area contributed by atoms with E-state index >= 15 is 0 Å². The van der Waals surface area contributed by atoms with Crippen molar-refractivity contribution >= 4 is 11.9 Å². The van der Waals surface area contributed by atoms with E-state index in [1.54, 1.807) is 37.5 Å². The first kappa shape index (κ1) is 13.8. The van der Waals surface area contributed by atoms with Crippen LogP contribution in [0.1, 0.15) is 21.8 Å². The summed E-state index contributed by atoms with van der Waals surface area (Å²) in [6.07, 6.45) is 3.02. The Labute approximate surface area is 116 Å². The molecule has 1 atom stereocenters. The average molecular weight is 273 g/mol. The third-order valence-corrected chi connectivity index (χ3v) is 2.93. The highest BCUT2D eigenvalue weighted by Crippen LogP contribution is 2.14. The van der Waals surface area contributed by atoms with Gasteiger partial charge >= 0.3 is 5.97 Å². The number of hydrogen-bond donors (Lipinski definition) is 2. The van der Waals surface area contributed by atoms with Crippen molar-refractivity contribution in [2.45, 2.75) is 5.92 Å². The van der Waals surface area contributed by atoms with Gasteiger partial charge in [-0.2, -0.15) is 5.10 Å². The molecule has 0 spiro atoms. The highest BCUT2D eigenvalue weighted by atomic mass is 16.4. The van der Waals surface area contributed by atoms with E-state index in [2.05, 4.69) is 10.4 Å². The topological polar surface area (TPSA) is 84.2 Å². The number of carboxylic acid groups (broad SMARTS) is 1. The highest BCUT2D eigenvalue weighted by molar-refractivity contribution is 5.94. The molecule has 6 heteroatoms. The largest absolute Gasteiger partial charge is 0.481 e. The molecule has 1 aromatic heterocycles. The molecular formula is C14H15N3O3. The molecule has 0 radical (unpaired) electrons. The van der Waals surface area contributed by atoms with Crippen molar-refractivity contribution in [3.05, 3.63) is 53.9 Å². The first-order valence-electron chi connectivity index (χ1n) is 6.12. The zero-order valence-electron chi connectivity index (χ0n) is 11.0. The lowest BCUT2D eigenvalue weighted by molar-refractivity contribution is -0.138. The fourth-order valence-corrected chi connectivity index (χ4v) is 1.87. The smallest absolute Gasteiger partial charge is 0.312 e. The highest BCUT2D eigenvalue weighted by Gasteiger charge is 2.20. The molecule has 0 bridgehead atoms. The van der Waals surface area contributed by atoms with Gasteiger partial charge in [0.25, 0.3) is 5.91 Å². The number of nitrogens with one attached hydrogen (secondary N) is 1. The Morgan fingerprint density at radius 3 is 2.60 bits per heavy atom. The number of carboxylic acids is 1. The van der Waals surface area contributed by atoms with Crippen LogP contribution >= 0.6 is 0 Å². The Morgan fingerprint density at radius 2 is 2.05 bits per heavy atom. The number of benzene rings is 1. The predicted molar refractivity (Wildman–Crippen MR) is 72.4 cm³/mol. The molecule has 1 amide bonds. The first-order chi connectivity index (χ1) is 9.58. The summed E-state index contributed by atoms with van der Waals surface area (Å²) in [4.78, 5) is 23.1. The fourth-order valence-electron chi connectivity index (χ4n) is 1.87. The normalized spacial score (nSPS) is 11.8. The van der Waals surface area contributed by atoms with E-state index in [4.69, 9.17) is 0 Å². The summed E-state index contributed by atoms with van der Waals surface area (Å²) >= 11 is 0. The van der Waals surface area contributed by atoms with Gasteiger partial charge in [0.1, 0.15) is 0 Å². The van der Waals surface area contributed by atoms with Crippen molar-refractivity contribution in [2.75, 3.05) is 6.54 Å². The number of carbonyl (C=O) groups is 2. The van der Waals surface area contributed by atoms with Crippen LogP contribution in [0.4, 0.5) is 0 Å². The maximum Gasteiger partial charge on any atom is 0.312 e. The zero-order valence-corrected chi connectivity index (χ0v) is 11.0. The lowest BCUT2D eigenvalue weighted by Gasteiger charge is -2.13. The summed E-state index contributed by atoms with van der Waals surface area (Å²) in [5, 5.41) is 15.8. The molecule has 2 aromatic rings. The standard InChI is InChI=1S/C14H15N3O3/c1-17-9-11(7-16-17)13(18)15-8-12(14(19)20)10-5-3-2-4-6-10/h2-7,9,12H,8H2,1H3,(H,15,18)(H,19,20). The maximum absolute atomic E-state index is 11.9. The van der Waals surface area contributed by atoms with Crippen LogP contribution in [0, 0.1) is 0 Å². The molecule has 0 fully saturated rings. The van der Waals surface area contributed by atoms with Crippen LogP contribution < -0.4 is 5.32 Å². The Morgan fingerprint density at radius 1 is 1.35 bits per heavy atom. The van der Waals surface area contributed by atoms with Gasteiger partial charge in [0.15, 0.2) is 0 Å². The summed E-state index contributed by atoms with van der Waals surface area (Å²) in [5.41, 5.74) is 1.07.